The van der Waals surface area contributed by atoms with Gasteiger partial charge in [-0.05, 0) is 31.7 Å². The number of amides is 1. The van der Waals surface area contributed by atoms with Crippen LogP contribution in [0.5, 0.6) is 0 Å². The highest BCUT2D eigenvalue weighted by Gasteiger charge is 2.28. The number of nitrogens with one attached hydrogen (secondary N) is 1. The molecule has 0 bridgehead atoms. The van der Waals surface area contributed by atoms with Crippen LogP contribution in [0.3, 0.4) is 0 Å². The van der Waals surface area contributed by atoms with E-state index in [1.54, 1.807) is 11.3 Å². The number of carbonyl (C=O) groups excluding carboxylic acids is 1. The topological polar surface area (TPSA) is 55.1 Å². The van der Waals surface area contributed by atoms with Crippen LogP contribution in [0.15, 0.2) is 17.5 Å². The van der Waals surface area contributed by atoms with Crippen LogP contribution in [-0.2, 0) is 4.79 Å². The minimum absolute atomic E-state index is 0.0341. The molecular formula is C13H22N2OS. The molecule has 1 heterocycles. The third kappa shape index (κ3) is 3.82. The van der Waals surface area contributed by atoms with Crippen LogP contribution < -0.4 is 11.1 Å². The van der Waals surface area contributed by atoms with E-state index in [0.29, 0.717) is 6.54 Å². The molecule has 0 aliphatic rings. The molecule has 3 N–H and O–H groups in total. The number of thiophene rings is 1. The second-order valence-electron chi connectivity index (χ2n) is 4.92. The quantitative estimate of drug-likeness (QED) is 0.820. The summed E-state index contributed by atoms with van der Waals surface area (Å²) in [4.78, 5) is 13.3. The van der Waals surface area contributed by atoms with E-state index >= 15 is 0 Å². The van der Waals surface area contributed by atoms with Crippen LogP contribution in [0.1, 0.15) is 44.5 Å². The predicted molar refractivity (Wildman–Crippen MR) is 72.9 cm³/mol. The first kappa shape index (κ1) is 14.2. The van der Waals surface area contributed by atoms with Gasteiger partial charge in [-0.25, -0.2) is 0 Å². The molecule has 1 amide bonds. The maximum absolute atomic E-state index is 12.1. The SMILES string of the molecule is CCCC(NC(=O)C(C)(C)CN)c1cccs1. The van der Waals surface area contributed by atoms with Crippen LogP contribution in [0.4, 0.5) is 0 Å². The highest BCUT2D eigenvalue weighted by atomic mass is 32.1. The van der Waals surface area contributed by atoms with Crippen molar-refractivity contribution in [2.24, 2.45) is 11.1 Å². The molecule has 0 aromatic carbocycles. The minimum atomic E-state index is -0.497. The Morgan fingerprint density at radius 1 is 1.59 bits per heavy atom. The maximum Gasteiger partial charge on any atom is 0.227 e. The minimum Gasteiger partial charge on any atom is -0.348 e. The van der Waals surface area contributed by atoms with Crippen LogP contribution in [0.2, 0.25) is 0 Å². The molecule has 17 heavy (non-hydrogen) atoms. The van der Waals surface area contributed by atoms with E-state index < -0.39 is 5.41 Å². The Morgan fingerprint density at radius 3 is 2.76 bits per heavy atom. The Morgan fingerprint density at radius 2 is 2.29 bits per heavy atom. The summed E-state index contributed by atoms with van der Waals surface area (Å²) in [6, 6.07) is 4.21. The van der Waals surface area contributed by atoms with Crippen LogP contribution in [0, 0.1) is 5.41 Å². The summed E-state index contributed by atoms with van der Waals surface area (Å²) in [6.45, 7) is 6.24. The fourth-order valence-electron chi connectivity index (χ4n) is 1.51. The molecule has 1 rings (SSSR count). The summed E-state index contributed by atoms with van der Waals surface area (Å²) < 4.78 is 0. The van der Waals surface area contributed by atoms with Gasteiger partial charge in [-0.15, -0.1) is 11.3 Å². The Kier molecular flexibility index (Phi) is 5.15. The smallest absolute Gasteiger partial charge is 0.227 e. The van der Waals surface area contributed by atoms with E-state index in [1.807, 2.05) is 25.3 Å². The third-order valence-corrected chi connectivity index (χ3v) is 3.88. The zero-order valence-electron chi connectivity index (χ0n) is 10.8. The van der Waals surface area contributed by atoms with Crippen molar-refractivity contribution in [3.05, 3.63) is 22.4 Å². The molecule has 0 aliphatic heterocycles. The van der Waals surface area contributed by atoms with Crippen LogP contribution in [-0.4, -0.2) is 12.5 Å². The largest absolute Gasteiger partial charge is 0.348 e. The summed E-state index contributed by atoms with van der Waals surface area (Å²) in [6.07, 6.45) is 2.01. The molecule has 1 atom stereocenters. The van der Waals surface area contributed by atoms with Gasteiger partial charge in [0.1, 0.15) is 0 Å². The van der Waals surface area contributed by atoms with Gasteiger partial charge >= 0.3 is 0 Å². The first-order valence-electron chi connectivity index (χ1n) is 6.05. The molecule has 0 aliphatic carbocycles. The van der Waals surface area contributed by atoms with Gasteiger partial charge in [-0.3, -0.25) is 4.79 Å². The molecule has 1 unspecified atom stereocenters. The molecule has 3 nitrogen and oxygen atoms in total. The van der Waals surface area contributed by atoms with E-state index in [9.17, 15) is 4.79 Å². The van der Waals surface area contributed by atoms with Crippen molar-refractivity contribution in [1.82, 2.24) is 5.32 Å². The molecule has 4 heteroatoms. The molecular weight excluding hydrogens is 232 g/mol. The molecule has 0 radical (unpaired) electrons. The number of hydrogen-bond donors (Lipinski definition) is 2. The molecule has 0 spiro atoms. The molecule has 1 aromatic rings. The van der Waals surface area contributed by atoms with Gasteiger partial charge in [-0.1, -0.05) is 19.4 Å². The highest BCUT2D eigenvalue weighted by molar-refractivity contribution is 7.10. The van der Waals surface area contributed by atoms with Crippen molar-refractivity contribution in [3.63, 3.8) is 0 Å². The van der Waals surface area contributed by atoms with Crippen molar-refractivity contribution in [3.8, 4) is 0 Å². The number of rotatable bonds is 6. The second-order valence-corrected chi connectivity index (χ2v) is 5.90. The van der Waals surface area contributed by atoms with Crippen molar-refractivity contribution in [1.29, 1.82) is 0 Å². The lowest BCUT2D eigenvalue weighted by Gasteiger charge is -2.25. The Labute approximate surface area is 107 Å². The predicted octanol–water partition coefficient (Wildman–Crippen LogP) is 2.69. The van der Waals surface area contributed by atoms with Crippen LogP contribution >= 0.6 is 11.3 Å². The zero-order chi connectivity index (χ0) is 12.9. The van der Waals surface area contributed by atoms with Crippen LogP contribution in [0.25, 0.3) is 0 Å². The van der Waals surface area contributed by atoms with Gasteiger partial charge in [0.2, 0.25) is 5.91 Å². The van der Waals surface area contributed by atoms with Crippen molar-refractivity contribution >= 4 is 17.2 Å². The van der Waals surface area contributed by atoms with Gasteiger partial charge in [0.15, 0.2) is 0 Å². The van der Waals surface area contributed by atoms with E-state index in [2.05, 4.69) is 18.3 Å². The number of hydrogen-bond acceptors (Lipinski definition) is 3. The fraction of sp³-hybridized carbons (Fsp3) is 0.615. The summed E-state index contributed by atoms with van der Waals surface area (Å²) in [5.74, 6) is 0.0341. The standard InChI is InChI=1S/C13H22N2OS/c1-4-6-10(11-7-5-8-17-11)15-12(16)13(2,3)9-14/h5,7-8,10H,4,6,9,14H2,1-3H3,(H,15,16). The maximum atomic E-state index is 12.1. The summed E-state index contributed by atoms with van der Waals surface area (Å²) >= 11 is 1.69. The van der Waals surface area contributed by atoms with Gasteiger partial charge in [0, 0.05) is 11.4 Å². The summed E-state index contributed by atoms with van der Waals surface area (Å²) in [5.41, 5.74) is 5.12. The Bertz CT molecular complexity index is 346. The van der Waals surface area contributed by atoms with Gasteiger partial charge in [0.05, 0.1) is 11.5 Å². The van der Waals surface area contributed by atoms with E-state index in [-0.39, 0.29) is 11.9 Å². The van der Waals surface area contributed by atoms with Crippen molar-refractivity contribution < 1.29 is 4.79 Å². The average molecular weight is 254 g/mol. The molecule has 0 saturated carbocycles. The average Bonchev–Trinajstić information content (AvgIpc) is 2.81. The van der Waals surface area contributed by atoms with E-state index in [0.717, 1.165) is 12.8 Å². The van der Waals surface area contributed by atoms with Gasteiger partial charge < -0.3 is 11.1 Å². The first-order valence-corrected chi connectivity index (χ1v) is 6.93. The lowest BCUT2D eigenvalue weighted by molar-refractivity contribution is -0.129. The van der Waals surface area contributed by atoms with Crippen molar-refractivity contribution in [2.45, 2.75) is 39.7 Å². The summed E-state index contributed by atoms with van der Waals surface area (Å²) in [7, 11) is 0. The van der Waals surface area contributed by atoms with E-state index in [1.165, 1.54) is 4.88 Å². The fourth-order valence-corrected chi connectivity index (χ4v) is 2.32. The zero-order valence-corrected chi connectivity index (χ0v) is 11.6. The third-order valence-electron chi connectivity index (χ3n) is 2.89. The molecule has 96 valence electrons. The monoisotopic (exact) mass is 254 g/mol. The second kappa shape index (κ2) is 6.17. The van der Waals surface area contributed by atoms with E-state index in [4.69, 9.17) is 5.73 Å². The normalized spacial score (nSPS) is 13.4. The summed E-state index contributed by atoms with van der Waals surface area (Å²) in [5, 5.41) is 5.14. The Balaban J connectivity index is 2.71. The number of carbonyl (C=O) groups is 1. The van der Waals surface area contributed by atoms with Gasteiger partial charge in [-0.2, -0.15) is 0 Å². The molecule has 1 aromatic heterocycles. The highest BCUT2D eigenvalue weighted by Crippen LogP contribution is 2.25. The molecule has 0 saturated heterocycles. The number of nitrogens with two attached hydrogens (primary N) is 1. The van der Waals surface area contributed by atoms with Gasteiger partial charge in [0.25, 0.3) is 0 Å². The lowest BCUT2D eigenvalue weighted by atomic mass is 9.92. The first-order chi connectivity index (χ1) is 8.01. The van der Waals surface area contributed by atoms with Crippen molar-refractivity contribution in [2.75, 3.05) is 6.54 Å². The Hall–Kier alpha value is -0.870. The lowest BCUT2D eigenvalue weighted by Crippen LogP contribution is -2.43. The molecule has 0 fully saturated rings.